The summed E-state index contributed by atoms with van der Waals surface area (Å²) in [7, 11) is 0. The van der Waals surface area contributed by atoms with Crippen LogP contribution in [0.2, 0.25) is 0 Å². The van der Waals surface area contributed by atoms with Crippen LogP contribution in [0, 0.1) is 5.92 Å². The molecule has 0 radical (unpaired) electrons. The Labute approximate surface area is 81.1 Å². The van der Waals surface area contributed by atoms with Crippen molar-refractivity contribution in [3.63, 3.8) is 0 Å². The Morgan fingerprint density at radius 2 is 2.14 bits per heavy atom. The van der Waals surface area contributed by atoms with Gasteiger partial charge >= 0.3 is 0 Å². The number of hydrogen-bond donors (Lipinski definition) is 2. The number of fused-ring (bicyclic) bond motifs is 1. The average Bonchev–Trinajstić information content (AvgIpc) is 2.18. The number of rotatable bonds is 1. The number of carbonyl (C=O) groups excluding carboxylic acids is 2. The molecule has 0 aliphatic carbocycles. The first-order chi connectivity index (χ1) is 6.70. The number of benzene rings is 1. The first-order valence-corrected chi connectivity index (χ1v) is 4.36. The number of nitrogens with two attached hydrogens (primary N) is 1. The van der Waals surface area contributed by atoms with Crippen molar-refractivity contribution in [2.75, 3.05) is 11.9 Å². The molecule has 0 saturated heterocycles. The maximum absolute atomic E-state index is 11.7. The van der Waals surface area contributed by atoms with Gasteiger partial charge < -0.3 is 11.1 Å². The molecule has 0 bridgehead atoms. The summed E-state index contributed by atoms with van der Waals surface area (Å²) in [5, 5.41) is 3.00. The molecule has 1 aromatic carbocycles. The smallest absolute Gasteiger partial charge is 0.230 e. The molecule has 1 unspecified atom stereocenters. The Hall–Kier alpha value is -1.84. The lowest BCUT2D eigenvalue weighted by molar-refractivity contribution is -0.120. The molecule has 2 rings (SSSR count). The zero-order chi connectivity index (χ0) is 10.1. The van der Waals surface area contributed by atoms with Gasteiger partial charge in [-0.1, -0.05) is 12.1 Å². The van der Waals surface area contributed by atoms with Crippen molar-refractivity contribution in [2.45, 2.75) is 0 Å². The van der Waals surface area contributed by atoms with Crippen LogP contribution in [0.15, 0.2) is 24.3 Å². The fourth-order valence-corrected chi connectivity index (χ4v) is 1.57. The summed E-state index contributed by atoms with van der Waals surface area (Å²) < 4.78 is 0. The maximum Gasteiger partial charge on any atom is 0.230 e. The van der Waals surface area contributed by atoms with Crippen LogP contribution < -0.4 is 11.1 Å². The first kappa shape index (κ1) is 8.74. The number of ketones is 1. The molecule has 0 aromatic heterocycles. The maximum atomic E-state index is 11.7. The summed E-state index contributed by atoms with van der Waals surface area (Å²) in [5.41, 5.74) is 6.43. The molecule has 0 saturated carbocycles. The molecule has 4 nitrogen and oxygen atoms in total. The second-order valence-electron chi connectivity index (χ2n) is 3.25. The second-order valence-corrected chi connectivity index (χ2v) is 3.25. The standard InChI is InChI=1S/C10H10N2O2/c11-10(14)7-5-12-8-4-2-1-3-6(8)9(7)13/h1-4,7,12H,5H2,(H2,11,14). The van der Waals surface area contributed by atoms with Crippen LogP contribution in [0.25, 0.3) is 0 Å². The fourth-order valence-electron chi connectivity index (χ4n) is 1.57. The minimum absolute atomic E-state index is 0.188. The predicted molar refractivity (Wildman–Crippen MR) is 51.9 cm³/mol. The van der Waals surface area contributed by atoms with E-state index in [1.807, 2.05) is 12.1 Å². The van der Waals surface area contributed by atoms with Crippen LogP contribution in [0.3, 0.4) is 0 Å². The zero-order valence-electron chi connectivity index (χ0n) is 7.49. The van der Waals surface area contributed by atoms with Crippen molar-refractivity contribution < 1.29 is 9.59 Å². The third-order valence-electron chi connectivity index (χ3n) is 2.35. The molecule has 1 heterocycles. The molecule has 14 heavy (non-hydrogen) atoms. The topological polar surface area (TPSA) is 72.2 Å². The van der Waals surface area contributed by atoms with Crippen LogP contribution in [-0.2, 0) is 4.79 Å². The van der Waals surface area contributed by atoms with Gasteiger partial charge in [0, 0.05) is 17.8 Å². The predicted octanol–water partition coefficient (Wildman–Crippen LogP) is 0.396. The summed E-state index contributed by atoms with van der Waals surface area (Å²) in [6, 6.07) is 7.11. The Bertz CT molecular complexity index is 401. The van der Waals surface area contributed by atoms with Gasteiger partial charge in [0.1, 0.15) is 5.92 Å². The van der Waals surface area contributed by atoms with Gasteiger partial charge in [0.2, 0.25) is 5.91 Å². The molecule has 0 fully saturated rings. The number of carbonyl (C=O) groups is 2. The van der Waals surface area contributed by atoms with Crippen LogP contribution in [-0.4, -0.2) is 18.2 Å². The summed E-state index contributed by atoms with van der Waals surface area (Å²) in [5.74, 6) is -1.49. The SMILES string of the molecule is NC(=O)C1CNc2ccccc2C1=O. The third kappa shape index (κ3) is 1.25. The zero-order valence-corrected chi connectivity index (χ0v) is 7.49. The third-order valence-corrected chi connectivity index (χ3v) is 2.35. The van der Waals surface area contributed by atoms with Crippen LogP contribution >= 0.6 is 0 Å². The largest absolute Gasteiger partial charge is 0.383 e. The highest BCUT2D eigenvalue weighted by molar-refractivity contribution is 6.14. The molecule has 1 atom stereocenters. The van der Waals surface area contributed by atoms with E-state index >= 15 is 0 Å². The van der Waals surface area contributed by atoms with Gasteiger partial charge in [-0.25, -0.2) is 0 Å². The van der Waals surface area contributed by atoms with Crippen LogP contribution in [0.1, 0.15) is 10.4 Å². The van der Waals surface area contributed by atoms with Crippen molar-refractivity contribution in [2.24, 2.45) is 11.7 Å². The minimum atomic E-state index is -0.732. The molecule has 1 aliphatic heterocycles. The normalized spacial score (nSPS) is 19.7. The van der Waals surface area contributed by atoms with Crippen LogP contribution in [0.4, 0.5) is 5.69 Å². The number of hydrogen-bond acceptors (Lipinski definition) is 3. The number of primary amides is 1. The highest BCUT2D eigenvalue weighted by atomic mass is 16.2. The highest BCUT2D eigenvalue weighted by Gasteiger charge is 2.30. The van der Waals surface area contributed by atoms with Gasteiger partial charge in [-0.05, 0) is 12.1 Å². The van der Waals surface area contributed by atoms with E-state index in [0.717, 1.165) is 5.69 Å². The van der Waals surface area contributed by atoms with Crippen molar-refractivity contribution in [3.05, 3.63) is 29.8 Å². The summed E-state index contributed by atoms with van der Waals surface area (Å²) >= 11 is 0. The molecular formula is C10H10N2O2. The Morgan fingerprint density at radius 3 is 2.86 bits per heavy atom. The van der Waals surface area contributed by atoms with Crippen molar-refractivity contribution in [1.82, 2.24) is 0 Å². The number of para-hydroxylation sites is 1. The second kappa shape index (κ2) is 3.14. The monoisotopic (exact) mass is 190 g/mol. The van der Waals surface area contributed by atoms with Crippen molar-refractivity contribution in [3.8, 4) is 0 Å². The quantitative estimate of drug-likeness (QED) is 0.629. The number of Topliss-reactive ketones (excluding diaryl/α,β-unsaturated/α-hetero) is 1. The summed E-state index contributed by atoms with van der Waals surface area (Å²) in [6.07, 6.45) is 0. The van der Waals surface area contributed by atoms with Crippen molar-refractivity contribution >= 4 is 17.4 Å². The van der Waals surface area contributed by atoms with E-state index in [9.17, 15) is 9.59 Å². The van der Waals surface area contributed by atoms with Crippen LogP contribution in [0.5, 0.6) is 0 Å². The first-order valence-electron chi connectivity index (χ1n) is 4.36. The Balaban J connectivity index is 2.41. The lowest BCUT2D eigenvalue weighted by Crippen LogP contribution is -2.39. The van der Waals surface area contributed by atoms with Gasteiger partial charge in [0.25, 0.3) is 0 Å². The molecule has 3 N–H and O–H groups in total. The number of amides is 1. The van der Waals surface area contributed by atoms with Gasteiger partial charge in [-0.2, -0.15) is 0 Å². The minimum Gasteiger partial charge on any atom is -0.383 e. The van der Waals surface area contributed by atoms with Gasteiger partial charge in [0.05, 0.1) is 0 Å². The van der Waals surface area contributed by atoms with E-state index in [4.69, 9.17) is 5.73 Å². The lowest BCUT2D eigenvalue weighted by atomic mass is 9.92. The van der Waals surface area contributed by atoms with Gasteiger partial charge in [-0.15, -0.1) is 0 Å². The molecule has 4 heteroatoms. The van der Waals surface area contributed by atoms with E-state index in [1.54, 1.807) is 12.1 Å². The van der Waals surface area contributed by atoms with Gasteiger partial charge in [0.15, 0.2) is 5.78 Å². The van der Waals surface area contributed by atoms with Crippen molar-refractivity contribution in [1.29, 1.82) is 0 Å². The van der Waals surface area contributed by atoms with E-state index < -0.39 is 11.8 Å². The van der Waals surface area contributed by atoms with E-state index in [-0.39, 0.29) is 5.78 Å². The van der Waals surface area contributed by atoms with Gasteiger partial charge in [-0.3, -0.25) is 9.59 Å². The molecule has 1 amide bonds. The molecule has 1 aliphatic rings. The summed E-state index contributed by atoms with van der Waals surface area (Å²) in [6.45, 7) is 0.297. The Kier molecular flexibility index (Phi) is 1.96. The number of nitrogens with one attached hydrogen (secondary N) is 1. The van der Waals surface area contributed by atoms with E-state index in [1.165, 1.54) is 0 Å². The molecule has 0 spiro atoms. The Morgan fingerprint density at radius 1 is 1.43 bits per heavy atom. The average molecular weight is 190 g/mol. The van der Waals surface area contributed by atoms with E-state index in [0.29, 0.717) is 12.1 Å². The molecular weight excluding hydrogens is 180 g/mol. The summed E-state index contributed by atoms with van der Waals surface area (Å²) in [4.78, 5) is 22.7. The number of anilines is 1. The van der Waals surface area contributed by atoms with E-state index in [2.05, 4.69) is 5.32 Å². The highest BCUT2D eigenvalue weighted by Crippen LogP contribution is 2.23. The molecule has 72 valence electrons. The lowest BCUT2D eigenvalue weighted by Gasteiger charge is -2.22. The molecule has 1 aromatic rings. The fraction of sp³-hybridized carbons (Fsp3) is 0.200.